The predicted molar refractivity (Wildman–Crippen MR) is 66.3 cm³/mol. The molecule has 1 aromatic rings. The summed E-state index contributed by atoms with van der Waals surface area (Å²) in [5.41, 5.74) is 2.63. The van der Waals surface area contributed by atoms with Gasteiger partial charge in [-0.3, -0.25) is 0 Å². The third-order valence-corrected chi connectivity index (χ3v) is 3.12. The van der Waals surface area contributed by atoms with Crippen LogP contribution in [0.25, 0.3) is 0 Å². The van der Waals surface area contributed by atoms with Crippen LogP contribution in [0.4, 0.5) is 0 Å². The fourth-order valence-corrected chi connectivity index (χ4v) is 2.25. The molecule has 1 aromatic carbocycles. The van der Waals surface area contributed by atoms with Crippen molar-refractivity contribution in [3.63, 3.8) is 0 Å². The summed E-state index contributed by atoms with van der Waals surface area (Å²) in [7, 11) is 2.13. The summed E-state index contributed by atoms with van der Waals surface area (Å²) < 4.78 is 5.92. The maximum Gasteiger partial charge on any atom is 0.139 e. The van der Waals surface area contributed by atoms with Gasteiger partial charge in [0, 0.05) is 0 Å². The smallest absolute Gasteiger partial charge is 0.139 e. The first-order valence-corrected chi connectivity index (χ1v) is 6.02. The van der Waals surface area contributed by atoms with E-state index in [2.05, 4.69) is 32.1 Å². The van der Waals surface area contributed by atoms with E-state index in [0.29, 0.717) is 6.10 Å². The minimum absolute atomic E-state index is 0.513. The highest BCUT2D eigenvalue weighted by molar-refractivity contribution is 6.32. The van der Waals surface area contributed by atoms with Crippen LogP contribution in [0, 0.1) is 0 Å². The first kappa shape index (κ1) is 10.8. The van der Waals surface area contributed by atoms with Crippen LogP contribution in [-0.4, -0.2) is 14.0 Å². The second-order valence-corrected chi connectivity index (χ2v) is 4.56. The molecule has 80 valence electrons. The van der Waals surface area contributed by atoms with E-state index in [0.717, 1.165) is 6.61 Å². The van der Waals surface area contributed by atoms with Crippen LogP contribution in [-0.2, 0) is 11.3 Å². The Morgan fingerprint density at radius 1 is 1.20 bits per heavy atom. The molecule has 0 saturated heterocycles. The van der Waals surface area contributed by atoms with Crippen LogP contribution in [0.5, 0.6) is 0 Å². The molecule has 1 fully saturated rings. The van der Waals surface area contributed by atoms with E-state index in [-0.39, 0.29) is 0 Å². The molecule has 0 aromatic heterocycles. The molecule has 0 unspecified atom stereocenters. The molecule has 0 atom stereocenters. The SMILES string of the molecule is Bc1cccc(COC2CCCCC2)c1. The van der Waals surface area contributed by atoms with Gasteiger partial charge in [-0.2, -0.15) is 0 Å². The van der Waals surface area contributed by atoms with E-state index < -0.39 is 0 Å². The molecule has 0 bridgehead atoms. The second kappa shape index (κ2) is 5.36. The Labute approximate surface area is 93.2 Å². The van der Waals surface area contributed by atoms with E-state index in [1.807, 2.05) is 0 Å². The Balaban J connectivity index is 1.81. The van der Waals surface area contributed by atoms with Gasteiger partial charge >= 0.3 is 0 Å². The summed E-state index contributed by atoms with van der Waals surface area (Å²) in [5, 5.41) is 0. The van der Waals surface area contributed by atoms with Crippen molar-refractivity contribution < 1.29 is 4.74 Å². The molecule has 1 aliphatic carbocycles. The second-order valence-electron chi connectivity index (χ2n) is 4.56. The van der Waals surface area contributed by atoms with Gasteiger partial charge in [0.15, 0.2) is 0 Å². The lowest BCUT2D eigenvalue weighted by molar-refractivity contribution is 0.0169. The number of rotatable bonds is 3. The summed E-state index contributed by atoms with van der Waals surface area (Å²) in [5.74, 6) is 0. The minimum Gasteiger partial charge on any atom is -0.374 e. The van der Waals surface area contributed by atoms with Crippen LogP contribution < -0.4 is 5.46 Å². The van der Waals surface area contributed by atoms with Crippen LogP contribution in [0.2, 0.25) is 0 Å². The van der Waals surface area contributed by atoms with Gasteiger partial charge in [-0.25, -0.2) is 0 Å². The topological polar surface area (TPSA) is 9.23 Å². The first-order chi connectivity index (χ1) is 7.34. The van der Waals surface area contributed by atoms with Crippen molar-refractivity contribution in [3.05, 3.63) is 29.8 Å². The summed E-state index contributed by atoms with van der Waals surface area (Å²) in [6, 6.07) is 8.59. The lowest BCUT2D eigenvalue weighted by Crippen LogP contribution is -2.16. The van der Waals surface area contributed by atoms with Crippen molar-refractivity contribution in [1.29, 1.82) is 0 Å². The Morgan fingerprint density at radius 3 is 2.73 bits per heavy atom. The molecule has 0 spiro atoms. The van der Waals surface area contributed by atoms with E-state index >= 15 is 0 Å². The summed E-state index contributed by atoms with van der Waals surface area (Å²) >= 11 is 0. The fourth-order valence-electron chi connectivity index (χ4n) is 2.25. The maximum absolute atomic E-state index is 5.92. The van der Waals surface area contributed by atoms with Crippen molar-refractivity contribution >= 4 is 13.3 Å². The molecule has 15 heavy (non-hydrogen) atoms. The summed E-state index contributed by atoms with van der Waals surface area (Å²) in [4.78, 5) is 0. The average molecular weight is 202 g/mol. The van der Waals surface area contributed by atoms with Crippen molar-refractivity contribution in [2.24, 2.45) is 0 Å². The lowest BCUT2D eigenvalue weighted by Gasteiger charge is -2.22. The molecule has 1 aliphatic rings. The van der Waals surface area contributed by atoms with Crippen molar-refractivity contribution in [2.45, 2.75) is 44.8 Å². The highest BCUT2D eigenvalue weighted by Crippen LogP contribution is 2.21. The van der Waals surface area contributed by atoms with Crippen LogP contribution >= 0.6 is 0 Å². The van der Waals surface area contributed by atoms with Gasteiger partial charge in [-0.05, 0) is 18.4 Å². The van der Waals surface area contributed by atoms with Crippen molar-refractivity contribution in [1.82, 2.24) is 0 Å². The van der Waals surface area contributed by atoms with Crippen molar-refractivity contribution in [2.75, 3.05) is 0 Å². The third-order valence-electron chi connectivity index (χ3n) is 3.12. The van der Waals surface area contributed by atoms with E-state index in [1.165, 1.54) is 43.1 Å². The van der Waals surface area contributed by atoms with Gasteiger partial charge in [-0.1, -0.05) is 49.0 Å². The zero-order valence-electron chi connectivity index (χ0n) is 9.54. The largest absolute Gasteiger partial charge is 0.374 e. The average Bonchev–Trinajstić information content (AvgIpc) is 2.28. The van der Waals surface area contributed by atoms with E-state index in [9.17, 15) is 0 Å². The monoisotopic (exact) mass is 202 g/mol. The van der Waals surface area contributed by atoms with Gasteiger partial charge in [0.05, 0.1) is 12.7 Å². The zero-order valence-corrected chi connectivity index (χ0v) is 9.54. The molecule has 0 N–H and O–H groups in total. The molecule has 0 heterocycles. The molecular weight excluding hydrogens is 183 g/mol. The normalized spacial score (nSPS) is 17.9. The van der Waals surface area contributed by atoms with E-state index in [1.54, 1.807) is 0 Å². The first-order valence-electron chi connectivity index (χ1n) is 6.02. The van der Waals surface area contributed by atoms with Crippen LogP contribution in [0.1, 0.15) is 37.7 Å². The standard InChI is InChI=1S/C13H19BO/c14-12-6-4-5-11(9-12)10-15-13-7-2-1-3-8-13/h4-6,9,13H,1-3,7-8,10,14H2. The zero-order chi connectivity index (χ0) is 10.5. The molecule has 1 nitrogen and oxygen atoms in total. The Hall–Kier alpha value is -0.755. The molecule has 0 amide bonds. The highest BCUT2D eigenvalue weighted by atomic mass is 16.5. The minimum atomic E-state index is 0.513. The lowest BCUT2D eigenvalue weighted by atomic mass is 9.94. The fraction of sp³-hybridized carbons (Fsp3) is 0.538. The number of hydrogen-bond donors (Lipinski definition) is 0. The Morgan fingerprint density at radius 2 is 2.00 bits per heavy atom. The van der Waals surface area contributed by atoms with Crippen molar-refractivity contribution in [3.8, 4) is 0 Å². The Bertz CT molecular complexity index is 305. The van der Waals surface area contributed by atoms with Gasteiger partial charge in [0.25, 0.3) is 0 Å². The third kappa shape index (κ3) is 3.38. The molecular formula is C13H19BO. The number of hydrogen-bond acceptors (Lipinski definition) is 1. The number of ether oxygens (including phenoxy) is 1. The number of benzene rings is 1. The molecule has 0 radical (unpaired) electrons. The summed E-state index contributed by atoms with van der Waals surface area (Å²) in [6.07, 6.45) is 7.11. The molecule has 2 heteroatoms. The van der Waals surface area contributed by atoms with E-state index in [4.69, 9.17) is 4.74 Å². The quantitative estimate of drug-likeness (QED) is 0.679. The Kier molecular flexibility index (Phi) is 3.84. The van der Waals surface area contributed by atoms with Gasteiger partial charge in [0.1, 0.15) is 7.85 Å². The van der Waals surface area contributed by atoms with Gasteiger partial charge < -0.3 is 4.74 Å². The molecule has 0 aliphatic heterocycles. The highest BCUT2D eigenvalue weighted by Gasteiger charge is 2.13. The molecule has 1 saturated carbocycles. The van der Waals surface area contributed by atoms with Crippen LogP contribution in [0.3, 0.4) is 0 Å². The van der Waals surface area contributed by atoms with Gasteiger partial charge in [-0.15, -0.1) is 0 Å². The summed E-state index contributed by atoms with van der Waals surface area (Å²) in [6.45, 7) is 0.784. The van der Waals surface area contributed by atoms with Crippen LogP contribution in [0.15, 0.2) is 24.3 Å². The van der Waals surface area contributed by atoms with Gasteiger partial charge in [0.2, 0.25) is 0 Å². The predicted octanol–water partition coefficient (Wildman–Crippen LogP) is 1.79. The maximum atomic E-state index is 5.92. The molecule has 2 rings (SSSR count).